The molecule has 1 aromatic carbocycles. The van der Waals surface area contributed by atoms with Gasteiger partial charge in [0, 0.05) is 0 Å². The van der Waals surface area contributed by atoms with Crippen LogP contribution in [0.3, 0.4) is 0 Å². The van der Waals surface area contributed by atoms with E-state index in [1.807, 2.05) is 0 Å². The SMILES string of the molecule is Cc1ccc(C(C)CC(O)CO)cc1. The van der Waals surface area contributed by atoms with Gasteiger partial charge >= 0.3 is 0 Å². The second-order valence-electron chi connectivity index (χ2n) is 3.88. The zero-order valence-electron chi connectivity index (χ0n) is 8.77. The maximum atomic E-state index is 9.29. The predicted octanol–water partition coefficient (Wildman–Crippen LogP) is 1.84. The van der Waals surface area contributed by atoms with Crippen molar-refractivity contribution < 1.29 is 10.2 Å². The monoisotopic (exact) mass is 194 g/mol. The topological polar surface area (TPSA) is 40.5 Å². The summed E-state index contributed by atoms with van der Waals surface area (Å²) >= 11 is 0. The van der Waals surface area contributed by atoms with Crippen molar-refractivity contribution in [1.29, 1.82) is 0 Å². The quantitative estimate of drug-likeness (QED) is 0.767. The second-order valence-corrected chi connectivity index (χ2v) is 3.88. The molecule has 1 aromatic rings. The third kappa shape index (κ3) is 3.13. The van der Waals surface area contributed by atoms with Crippen LogP contribution in [0.2, 0.25) is 0 Å². The fraction of sp³-hybridized carbons (Fsp3) is 0.500. The highest BCUT2D eigenvalue weighted by molar-refractivity contribution is 5.24. The minimum atomic E-state index is -0.605. The van der Waals surface area contributed by atoms with Gasteiger partial charge in [0.15, 0.2) is 0 Å². The molecular formula is C12H18O2. The summed E-state index contributed by atoms with van der Waals surface area (Å²) in [4.78, 5) is 0. The molecule has 0 aliphatic heterocycles. The second kappa shape index (κ2) is 5.13. The van der Waals surface area contributed by atoms with E-state index >= 15 is 0 Å². The highest BCUT2D eigenvalue weighted by Crippen LogP contribution is 2.20. The molecule has 2 unspecified atom stereocenters. The van der Waals surface area contributed by atoms with Crippen molar-refractivity contribution in [2.75, 3.05) is 6.61 Å². The lowest BCUT2D eigenvalue weighted by Crippen LogP contribution is -2.14. The van der Waals surface area contributed by atoms with E-state index in [9.17, 15) is 5.11 Å². The summed E-state index contributed by atoms with van der Waals surface area (Å²) in [6, 6.07) is 8.28. The van der Waals surface area contributed by atoms with Crippen molar-refractivity contribution in [3.8, 4) is 0 Å². The minimum absolute atomic E-state index is 0.157. The Balaban J connectivity index is 2.60. The van der Waals surface area contributed by atoms with E-state index in [0.717, 1.165) is 0 Å². The summed E-state index contributed by atoms with van der Waals surface area (Å²) in [6.07, 6.45) is 0.00540. The fourth-order valence-electron chi connectivity index (χ4n) is 1.51. The van der Waals surface area contributed by atoms with Crippen LogP contribution in [0.5, 0.6) is 0 Å². The van der Waals surface area contributed by atoms with Crippen molar-refractivity contribution >= 4 is 0 Å². The first-order valence-corrected chi connectivity index (χ1v) is 4.99. The maximum Gasteiger partial charge on any atom is 0.0776 e. The first-order valence-electron chi connectivity index (χ1n) is 4.99. The van der Waals surface area contributed by atoms with Crippen LogP contribution >= 0.6 is 0 Å². The van der Waals surface area contributed by atoms with Crippen LogP contribution in [0.15, 0.2) is 24.3 Å². The molecule has 14 heavy (non-hydrogen) atoms. The highest BCUT2D eigenvalue weighted by atomic mass is 16.3. The summed E-state index contributed by atoms with van der Waals surface area (Å²) in [5.41, 5.74) is 2.45. The summed E-state index contributed by atoms with van der Waals surface area (Å²) < 4.78 is 0. The average molecular weight is 194 g/mol. The lowest BCUT2D eigenvalue weighted by molar-refractivity contribution is 0.0835. The Labute approximate surface area is 85.2 Å². The normalized spacial score (nSPS) is 15.1. The Morgan fingerprint density at radius 2 is 1.79 bits per heavy atom. The third-order valence-electron chi connectivity index (χ3n) is 2.48. The van der Waals surface area contributed by atoms with Crippen LogP contribution in [0.4, 0.5) is 0 Å². The van der Waals surface area contributed by atoms with Crippen LogP contribution in [-0.4, -0.2) is 22.9 Å². The molecule has 2 atom stereocenters. The molecule has 78 valence electrons. The van der Waals surface area contributed by atoms with Crippen LogP contribution in [0.25, 0.3) is 0 Å². The molecule has 2 N–H and O–H groups in total. The van der Waals surface area contributed by atoms with E-state index in [1.165, 1.54) is 11.1 Å². The van der Waals surface area contributed by atoms with E-state index < -0.39 is 6.10 Å². The Morgan fingerprint density at radius 3 is 2.29 bits per heavy atom. The molecular weight excluding hydrogens is 176 g/mol. The first-order chi connectivity index (χ1) is 6.63. The largest absolute Gasteiger partial charge is 0.394 e. The molecule has 0 radical (unpaired) electrons. The molecule has 0 fully saturated rings. The molecule has 0 heterocycles. The van der Waals surface area contributed by atoms with Gasteiger partial charge in [0.2, 0.25) is 0 Å². The highest BCUT2D eigenvalue weighted by Gasteiger charge is 2.10. The van der Waals surface area contributed by atoms with Gasteiger partial charge < -0.3 is 10.2 Å². The minimum Gasteiger partial charge on any atom is -0.394 e. The molecule has 0 saturated carbocycles. The molecule has 0 amide bonds. The number of hydrogen-bond donors (Lipinski definition) is 2. The van der Waals surface area contributed by atoms with E-state index in [1.54, 1.807) is 0 Å². The summed E-state index contributed by atoms with van der Waals surface area (Å²) in [5.74, 6) is 0.290. The Kier molecular flexibility index (Phi) is 4.11. The number of rotatable bonds is 4. The van der Waals surface area contributed by atoms with Gasteiger partial charge in [0.1, 0.15) is 0 Å². The molecule has 0 bridgehead atoms. The Bertz CT molecular complexity index is 266. The first kappa shape index (κ1) is 11.2. The summed E-state index contributed by atoms with van der Waals surface area (Å²) in [5, 5.41) is 18.0. The molecule has 1 rings (SSSR count). The Morgan fingerprint density at radius 1 is 1.21 bits per heavy atom. The van der Waals surface area contributed by atoms with Crippen LogP contribution < -0.4 is 0 Å². The van der Waals surface area contributed by atoms with E-state index in [-0.39, 0.29) is 12.5 Å². The summed E-state index contributed by atoms with van der Waals surface area (Å²) in [7, 11) is 0. The van der Waals surface area contributed by atoms with Crippen molar-refractivity contribution in [3.63, 3.8) is 0 Å². The van der Waals surface area contributed by atoms with Crippen molar-refractivity contribution in [3.05, 3.63) is 35.4 Å². The van der Waals surface area contributed by atoms with E-state index in [2.05, 4.69) is 38.1 Å². The van der Waals surface area contributed by atoms with Gasteiger partial charge in [-0.2, -0.15) is 0 Å². The molecule has 2 nitrogen and oxygen atoms in total. The molecule has 0 saturated heterocycles. The van der Waals surface area contributed by atoms with Gasteiger partial charge in [0.25, 0.3) is 0 Å². The fourth-order valence-corrected chi connectivity index (χ4v) is 1.51. The number of aliphatic hydroxyl groups excluding tert-OH is 2. The van der Waals surface area contributed by atoms with Gasteiger partial charge in [-0.3, -0.25) is 0 Å². The number of aliphatic hydroxyl groups is 2. The number of benzene rings is 1. The van der Waals surface area contributed by atoms with Gasteiger partial charge in [-0.1, -0.05) is 36.8 Å². The standard InChI is InChI=1S/C12H18O2/c1-9-3-5-11(6-4-9)10(2)7-12(14)8-13/h3-6,10,12-14H,7-8H2,1-2H3. The molecule has 0 aliphatic rings. The zero-order valence-corrected chi connectivity index (χ0v) is 8.77. The lowest BCUT2D eigenvalue weighted by atomic mass is 9.94. The van der Waals surface area contributed by atoms with Crippen LogP contribution in [0, 0.1) is 6.92 Å². The zero-order chi connectivity index (χ0) is 10.6. The molecule has 2 heteroatoms. The maximum absolute atomic E-state index is 9.29. The van der Waals surface area contributed by atoms with Crippen LogP contribution in [-0.2, 0) is 0 Å². The number of aryl methyl sites for hydroxylation is 1. The molecule has 0 aromatic heterocycles. The smallest absolute Gasteiger partial charge is 0.0776 e. The number of hydrogen-bond acceptors (Lipinski definition) is 2. The lowest BCUT2D eigenvalue weighted by Gasteiger charge is -2.15. The van der Waals surface area contributed by atoms with Gasteiger partial charge in [0.05, 0.1) is 12.7 Å². The van der Waals surface area contributed by atoms with Crippen molar-refractivity contribution in [2.24, 2.45) is 0 Å². The van der Waals surface area contributed by atoms with Crippen molar-refractivity contribution in [1.82, 2.24) is 0 Å². The van der Waals surface area contributed by atoms with Crippen molar-refractivity contribution in [2.45, 2.75) is 32.3 Å². The van der Waals surface area contributed by atoms with Crippen LogP contribution in [0.1, 0.15) is 30.4 Å². The van der Waals surface area contributed by atoms with E-state index in [4.69, 9.17) is 5.11 Å². The third-order valence-corrected chi connectivity index (χ3v) is 2.48. The average Bonchev–Trinajstić information content (AvgIpc) is 2.18. The molecule has 0 spiro atoms. The summed E-state index contributed by atoms with van der Waals surface area (Å²) in [6.45, 7) is 3.96. The predicted molar refractivity (Wildman–Crippen MR) is 57.3 cm³/mol. The van der Waals surface area contributed by atoms with Gasteiger partial charge in [-0.05, 0) is 24.8 Å². The molecule has 0 aliphatic carbocycles. The Hall–Kier alpha value is -0.860. The van der Waals surface area contributed by atoms with Gasteiger partial charge in [-0.25, -0.2) is 0 Å². The van der Waals surface area contributed by atoms with E-state index in [0.29, 0.717) is 6.42 Å². The van der Waals surface area contributed by atoms with Gasteiger partial charge in [-0.15, -0.1) is 0 Å².